The zero-order valence-electron chi connectivity index (χ0n) is 50.7. The molecular weight excluding hydrogens is 1270 g/mol. The van der Waals surface area contributed by atoms with E-state index < -0.39 is 181 Å². The maximum atomic E-state index is 14.6. The average molecular weight is 1350 g/mol. The van der Waals surface area contributed by atoms with Crippen LogP contribution in [0.1, 0.15) is 84.1 Å². The van der Waals surface area contributed by atoms with E-state index in [4.69, 9.17) is 22.9 Å². The van der Waals surface area contributed by atoms with Crippen molar-refractivity contribution in [1.82, 2.24) is 63.0 Å². The molecule has 91 heavy (non-hydrogen) atoms. The van der Waals surface area contributed by atoms with Crippen LogP contribution in [0.2, 0.25) is 0 Å². The van der Waals surface area contributed by atoms with Crippen LogP contribution in [0.3, 0.4) is 0 Å². The SMILES string of the molecule is CC[C@H](C)[C@H](N)C(=O)N[C@H]1CSSC[C@@H]2NC(=O)[C@H](C)NC(=O)[C@@H]3CCCN3C(=O)[C@H](CC(N)=O)NC(=O)[C@H](CSSC[C@@H](C(N)=O)NC(=O)C(CO)NC(=O)C(Cc3ccc(O)cc3)NC(=O)[C@H](CCCCN)NC(=O)[C@@H]3CCCN3C(=O)CNC2=O)NC1=O. The standard InChI is InChI=1S/C55H84N16O16S4/c1-4-27(2)43(58)54(86)69-38-26-91-89-24-36-46(78)60-21-42(75)70-17-7-10-39(70)53(85)62-31(9-5-6-16-56)47(79)63-32(19-29-12-14-30(73)15-13-29)48(80)65-34(22-72)49(81)66-35(44(59)76)23-88-90-25-37(68-51(38)83)50(82)64-33(20-41(57)74)55(87)71-18-8-11-40(71)52(84)61-28(3)45(77)67-36/h12-15,27-28,31-40,43,72-73H,4-11,16-26,56,58H2,1-3H3,(H2,57,74)(H2,59,76)(H,60,78)(H,61,84)(H,62,85)(H,63,79)(H,64,82)(H,65,80)(H,66,81)(H,67,77)(H,68,83)(H,69,86)/t27-,28-,31-,32?,33-,34?,35-,36-,37-,38-,39-,40-,43-/m0/s1. The van der Waals surface area contributed by atoms with Crippen molar-refractivity contribution in [1.29, 1.82) is 0 Å². The lowest BCUT2D eigenvalue weighted by Gasteiger charge is -2.30. The number of aromatic hydroxyl groups is 1. The molecule has 0 spiro atoms. The summed E-state index contributed by atoms with van der Waals surface area (Å²) in [5, 5.41) is 46.0. The number of aliphatic hydroxyl groups excluding tert-OH is 1. The maximum absolute atomic E-state index is 14.6. The summed E-state index contributed by atoms with van der Waals surface area (Å²) in [6.07, 6.45) is 0.903. The van der Waals surface area contributed by atoms with Crippen LogP contribution in [0, 0.1) is 5.92 Å². The van der Waals surface area contributed by atoms with Crippen LogP contribution in [0.25, 0.3) is 0 Å². The molecule has 504 valence electrons. The molecule has 1 aromatic rings. The topological polar surface area (TPSA) is 510 Å². The van der Waals surface area contributed by atoms with Crippen LogP contribution in [0.5, 0.6) is 5.75 Å². The molecule has 14 amide bonds. The van der Waals surface area contributed by atoms with Gasteiger partial charge in [0.05, 0.1) is 25.6 Å². The number of nitrogens with two attached hydrogens (primary N) is 4. The number of carbonyl (C=O) groups is 14. The van der Waals surface area contributed by atoms with Gasteiger partial charge in [-0.15, -0.1) is 0 Å². The van der Waals surface area contributed by atoms with Crippen molar-refractivity contribution in [2.75, 3.05) is 55.8 Å². The zero-order valence-corrected chi connectivity index (χ0v) is 54.0. The highest BCUT2D eigenvalue weighted by molar-refractivity contribution is 8.77. The highest BCUT2D eigenvalue weighted by Gasteiger charge is 2.42. The molecule has 36 heteroatoms. The van der Waals surface area contributed by atoms with Gasteiger partial charge in [-0.1, -0.05) is 75.6 Å². The summed E-state index contributed by atoms with van der Waals surface area (Å²) >= 11 is 0. The lowest BCUT2D eigenvalue weighted by atomic mass is 9.99. The molecule has 0 aliphatic carbocycles. The first-order valence-corrected chi connectivity index (χ1v) is 34.8. The number of amides is 14. The monoisotopic (exact) mass is 1350 g/mol. The van der Waals surface area contributed by atoms with Gasteiger partial charge in [0.25, 0.3) is 0 Å². The number of nitrogens with zero attached hydrogens (tertiary/aromatic N) is 2. The van der Waals surface area contributed by atoms with Gasteiger partial charge >= 0.3 is 0 Å². The largest absolute Gasteiger partial charge is 0.508 e. The van der Waals surface area contributed by atoms with Crippen molar-refractivity contribution < 1.29 is 77.3 Å². The Morgan fingerprint density at radius 2 is 1.20 bits per heavy atom. The van der Waals surface area contributed by atoms with Crippen LogP contribution >= 0.6 is 43.2 Å². The third-order valence-electron chi connectivity index (χ3n) is 15.5. The second kappa shape index (κ2) is 36.8. The highest BCUT2D eigenvalue weighted by Crippen LogP contribution is 2.27. The number of hydrogen-bond donors (Lipinski definition) is 16. The fourth-order valence-corrected chi connectivity index (χ4v) is 14.6. The second-order valence-corrected chi connectivity index (χ2v) is 27.4. The van der Waals surface area contributed by atoms with E-state index in [-0.39, 0.29) is 80.7 Å². The van der Waals surface area contributed by atoms with Crippen molar-refractivity contribution in [3.63, 3.8) is 0 Å². The number of fused-ring (bicyclic) bond motifs is 10. The lowest BCUT2D eigenvalue weighted by Crippen LogP contribution is -2.61. The van der Waals surface area contributed by atoms with E-state index in [0.29, 0.717) is 31.2 Å². The molecule has 4 heterocycles. The van der Waals surface area contributed by atoms with Crippen LogP contribution in [-0.4, -0.2) is 231 Å². The van der Waals surface area contributed by atoms with Gasteiger partial charge in [0, 0.05) is 42.5 Å². The number of phenolic OH excluding ortho intramolecular Hbond substituents is 1. The van der Waals surface area contributed by atoms with Gasteiger partial charge in [-0.2, -0.15) is 0 Å². The number of carbonyl (C=O) groups excluding carboxylic acids is 14. The third-order valence-corrected chi connectivity index (χ3v) is 20.4. The van der Waals surface area contributed by atoms with E-state index >= 15 is 0 Å². The number of primary amides is 2. The number of unbranched alkanes of at least 4 members (excludes halogenated alkanes) is 1. The predicted molar refractivity (Wildman–Crippen MR) is 338 cm³/mol. The molecule has 32 nitrogen and oxygen atoms in total. The maximum Gasteiger partial charge on any atom is 0.246 e. The van der Waals surface area contributed by atoms with E-state index in [9.17, 15) is 77.3 Å². The molecule has 4 fully saturated rings. The smallest absolute Gasteiger partial charge is 0.246 e. The van der Waals surface area contributed by atoms with Crippen molar-refractivity contribution in [2.24, 2.45) is 28.9 Å². The molecule has 5 rings (SSSR count). The minimum absolute atomic E-state index is 0.00425. The van der Waals surface area contributed by atoms with E-state index in [1.165, 1.54) is 36.1 Å². The first-order valence-electron chi connectivity index (χ1n) is 29.8. The Morgan fingerprint density at radius 3 is 1.82 bits per heavy atom. The summed E-state index contributed by atoms with van der Waals surface area (Å²) in [5.74, 6) is -14.8. The number of phenols is 1. The summed E-state index contributed by atoms with van der Waals surface area (Å²) < 4.78 is 0. The highest BCUT2D eigenvalue weighted by atomic mass is 33.1. The lowest BCUT2D eigenvalue weighted by molar-refractivity contribution is -0.143. The van der Waals surface area contributed by atoms with Crippen molar-refractivity contribution in [3.05, 3.63) is 29.8 Å². The van der Waals surface area contributed by atoms with Crippen molar-refractivity contribution in [3.8, 4) is 5.75 Å². The molecule has 20 N–H and O–H groups in total. The fraction of sp³-hybridized carbons (Fsp3) is 0.636. The molecule has 2 unspecified atom stereocenters. The van der Waals surface area contributed by atoms with Crippen molar-refractivity contribution >= 4 is 126 Å². The minimum atomic E-state index is -1.79. The minimum Gasteiger partial charge on any atom is -0.508 e. The quantitative estimate of drug-likeness (QED) is 0.0609. The van der Waals surface area contributed by atoms with Gasteiger partial charge < -0.3 is 96.1 Å². The number of benzene rings is 1. The number of nitrogens with one attached hydrogen (secondary N) is 10. The Balaban J connectivity index is 1.59. The van der Waals surface area contributed by atoms with Gasteiger partial charge in [-0.05, 0) is 82.0 Å². The van der Waals surface area contributed by atoms with Crippen molar-refractivity contribution in [2.45, 2.75) is 157 Å². The Morgan fingerprint density at radius 1 is 0.648 bits per heavy atom. The molecular formula is C55H84N16O16S4. The number of aliphatic hydroxyl groups is 1. The summed E-state index contributed by atoms with van der Waals surface area (Å²) in [5.41, 5.74) is 23.8. The number of rotatable bonds is 14. The predicted octanol–water partition coefficient (Wildman–Crippen LogP) is -5.94. The average Bonchev–Trinajstić information content (AvgIpc) is 2.28. The van der Waals surface area contributed by atoms with E-state index in [1.807, 2.05) is 0 Å². The van der Waals surface area contributed by atoms with Gasteiger partial charge in [-0.3, -0.25) is 67.1 Å². The summed E-state index contributed by atoms with van der Waals surface area (Å²) in [6.45, 7) is 3.27. The van der Waals surface area contributed by atoms with Crippen LogP contribution in [-0.2, 0) is 73.5 Å². The van der Waals surface area contributed by atoms with Gasteiger partial charge in [0.15, 0.2) is 0 Å². The van der Waals surface area contributed by atoms with E-state index in [0.717, 1.165) is 48.1 Å². The molecule has 4 aliphatic heterocycles. The van der Waals surface area contributed by atoms with E-state index in [1.54, 1.807) is 13.8 Å². The van der Waals surface area contributed by atoms with Gasteiger partial charge in [0.2, 0.25) is 82.7 Å². The first kappa shape index (κ1) is 74.6. The molecule has 0 aromatic heterocycles. The number of hydrogen-bond acceptors (Lipinski definition) is 22. The Kier molecular flexibility index (Phi) is 30.2. The molecule has 4 saturated heterocycles. The second-order valence-electron chi connectivity index (χ2n) is 22.3. The molecule has 4 aliphatic rings. The molecule has 2 bridgehead atoms. The summed E-state index contributed by atoms with van der Waals surface area (Å²) in [7, 11) is 3.58. The fourth-order valence-electron chi connectivity index (χ4n) is 9.95. The van der Waals surface area contributed by atoms with Crippen LogP contribution in [0.15, 0.2) is 24.3 Å². The van der Waals surface area contributed by atoms with Gasteiger partial charge in [0.1, 0.15) is 72.2 Å². The Bertz CT molecular complexity index is 2810. The summed E-state index contributed by atoms with van der Waals surface area (Å²) in [6, 6.07) is -11.9. The Labute approximate surface area is 541 Å². The molecule has 13 atom stereocenters. The summed E-state index contributed by atoms with van der Waals surface area (Å²) in [4.78, 5) is 198. The van der Waals surface area contributed by atoms with Crippen LogP contribution < -0.4 is 76.1 Å². The van der Waals surface area contributed by atoms with Crippen LogP contribution in [0.4, 0.5) is 0 Å². The third kappa shape index (κ3) is 22.6. The normalized spacial score (nSPS) is 28.0. The molecule has 0 saturated carbocycles. The Hall–Kier alpha value is -7.12. The molecule has 1 aromatic carbocycles. The molecule has 0 radical (unpaired) electrons. The van der Waals surface area contributed by atoms with Gasteiger partial charge in [-0.25, -0.2) is 0 Å². The zero-order chi connectivity index (χ0) is 67.1. The van der Waals surface area contributed by atoms with E-state index in [2.05, 4.69) is 53.2 Å². The first-order chi connectivity index (χ1) is 43.3.